The molecule has 41 heavy (non-hydrogen) atoms. The minimum absolute atomic E-state index is 0.0619. The van der Waals surface area contributed by atoms with Crippen LogP contribution in [0.4, 0.5) is 14.6 Å². The van der Waals surface area contributed by atoms with Crippen LogP contribution in [0.3, 0.4) is 0 Å². The molecule has 2 aromatic carbocycles. The summed E-state index contributed by atoms with van der Waals surface area (Å²) < 4.78 is 30.0. The summed E-state index contributed by atoms with van der Waals surface area (Å²) in [5.74, 6) is -0.735. The summed E-state index contributed by atoms with van der Waals surface area (Å²) >= 11 is 0. The van der Waals surface area contributed by atoms with Gasteiger partial charge < -0.3 is 25.4 Å². The Morgan fingerprint density at radius 1 is 1.17 bits per heavy atom. The van der Waals surface area contributed by atoms with Gasteiger partial charge in [-0.1, -0.05) is 44.9 Å². The number of amides is 1. The number of nitrogens with zero attached hydrogens (tertiary/aromatic N) is 3. The zero-order valence-corrected chi connectivity index (χ0v) is 24.6. The second-order valence-corrected chi connectivity index (χ2v) is 11.1. The first-order chi connectivity index (χ1) is 19.9. The summed E-state index contributed by atoms with van der Waals surface area (Å²) in [4.78, 5) is 20.1. The van der Waals surface area contributed by atoms with Crippen LogP contribution in [-0.4, -0.2) is 59.1 Å². The van der Waals surface area contributed by atoms with E-state index in [-0.39, 0.29) is 11.9 Å². The molecule has 0 radical (unpaired) electrons. The van der Waals surface area contributed by atoms with Crippen molar-refractivity contribution in [2.75, 3.05) is 32.0 Å². The Hall–Kier alpha value is -3.14. The zero-order valence-electron chi connectivity index (χ0n) is 24.6. The first-order valence-electron chi connectivity index (χ1n) is 14.9. The molecule has 0 bridgehead atoms. The van der Waals surface area contributed by atoms with E-state index in [9.17, 15) is 13.6 Å². The molecule has 4 rings (SSSR count). The molecular formula is C32H44F2N6O. The number of hydrogen-bond donors (Lipinski definition) is 3. The Bertz CT molecular complexity index is 1280. The van der Waals surface area contributed by atoms with Gasteiger partial charge in [0.2, 0.25) is 5.91 Å². The second kappa shape index (κ2) is 15.2. The number of fused-ring (bicyclic) bond motifs is 1. The molecule has 0 unspecified atom stereocenters. The minimum Gasteiger partial charge on any atom is -0.311 e. The molecule has 1 heterocycles. The third-order valence-electron chi connectivity index (χ3n) is 7.78. The Labute approximate surface area is 242 Å². The van der Waals surface area contributed by atoms with Gasteiger partial charge >= 0.3 is 0 Å². The number of hydrogen-bond acceptors (Lipinski definition) is 5. The fourth-order valence-electron chi connectivity index (χ4n) is 5.47. The number of rotatable bonds is 15. The smallest absolute Gasteiger partial charge is 0.242 e. The minimum atomic E-state index is -0.542. The number of aromatic nitrogens is 2. The Morgan fingerprint density at radius 3 is 2.80 bits per heavy atom. The van der Waals surface area contributed by atoms with Crippen LogP contribution in [0.5, 0.6) is 0 Å². The van der Waals surface area contributed by atoms with E-state index in [0.29, 0.717) is 30.6 Å². The van der Waals surface area contributed by atoms with Crippen LogP contribution >= 0.6 is 0 Å². The van der Waals surface area contributed by atoms with Crippen LogP contribution < -0.4 is 16.0 Å². The molecule has 1 aromatic heterocycles. The SMILES string of the molecule is CCCCN(C)CCNCc1ccccc1-n1cnc(NC(=O)[C@@H](CCC)N[C@H]2CCc3cc(F)cc(F)c3C2)c1. The topological polar surface area (TPSA) is 74.2 Å². The summed E-state index contributed by atoms with van der Waals surface area (Å²) in [5.41, 5.74) is 3.42. The third-order valence-corrected chi connectivity index (χ3v) is 7.78. The number of halogens is 2. The number of likely N-dealkylation sites (N-methyl/N-ethyl adjacent to an activating group) is 1. The van der Waals surface area contributed by atoms with E-state index in [1.165, 1.54) is 18.9 Å². The zero-order chi connectivity index (χ0) is 29.2. The molecule has 0 fully saturated rings. The first-order valence-corrected chi connectivity index (χ1v) is 14.9. The highest BCUT2D eigenvalue weighted by atomic mass is 19.1. The van der Waals surface area contributed by atoms with E-state index in [2.05, 4.69) is 45.9 Å². The molecule has 0 saturated heterocycles. The summed E-state index contributed by atoms with van der Waals surface area (Å²) in [7, 11) is 2.16. The number of anilines is 1. The maximum atomic E-state index is 14.4. The van der Waals surface area contributed by atoms with E-state index in [1.807, 2.05) is 35.9 Å². The third kappa shape index (κ3) is 8.67. The van der Waals surface area contributed by atoms with Crippen LogP contribution in [0.1, 0.15) is 62.6 Å². The van der Waals surface area contributed by atoms with Gasteiger partial charge in [-0.05, 0) is 74.5 Å². The van der Waals surface area contributed by atoms with Gasteiger partial charge in [-0.15, -0.1) is 0 Å². The van der Waals surface area contributed by atoms with E-state index >= 15 is 0 Å². The quantitative estimate of drug-likeness (QED) is 0.220. The van der Waals surface area contributed by atoms with Crippen LogP contribution in [0.15, 0.2) is 48.9 Å². The largest absolute Gasteiger partial charge is 0.311 e. The summed E-state index contributed by atoms with van der Waals surface area (Å²) in [6, 6.07) is 10.0. The number of carbonyl (C=O) groups excluding carboxylic acids is 1. The molecule has 0 saturated carbocycles. The lowest BCUT2D eigenvalue weighted by Crippen LogP contribution is -2.48. The maximum Gasteiger partial charge on any atom is 0.242 e. The highest BCUT2D eigenvalue weighted by Gasteiger charge is 2.27. The Morgan fingerprint density at radius 2 is 2.00 bits per heavy atom. The van der Waals surface area contributed by atoms with Gasteiger partial charge in [-0.3, -0.25) is 4.79 Å². The standard InChI is InChI=1S/C32H44F2N6O/c1-4-6-15-39(3)16-14-35-20-24-10-7-8-11-30(24)40-21-31(36-22-40)38-32(41)29(9-5-2)37-26-13-12-23-17-25(33)18-28(34)27(23)19-26/h7-8,10-11,17-18,21-22,26,29,35,37H,4-6,9,12-16,19-20H2,1-3H3,(H,38,41)/t26-,29+/m0/s1. The number of benzene rings is 2. The molecule has 222 valence electrons. The van der Waals surface area contributed by atoms with Crippen LogP contribution in [0.25, 0.3) is 5.69 Å². The van der Waals surface area contributed by atoms with Gasteiger partial charge in [0.25, 0.3) is 0 Å². The normalized spacial score (nSPS) is 15.6. The highest BCUT2D eigenvalue weighted by molar-refractivity contribution is 5.94. The van der Waals surface area contributed by atoms with E-state index in [1.54, 1.807) is 6.33 Å². The molecule has 3 aromatic rings. The van der Waals surface area contributed by atoms with E-state index < -0.39 is 17.7 Å². The van der Waals surface area contributed by atoms with Crippen molar-refractivity contribution in [2.24, 2.45) is 0 Å². The number of aryl methyl sites for hydroxylation is 1. The molecule has 9 heteroatoms. The summed E-state index contributed by atoms with van der Waals surface area (Å²) in [5, 5.41) is 9.95. The molecule has 0 aliphatic heterocycles. The molecule has 7 nitrogen and oxygen atoms in total. The first kappa shape index (κ1) is 30.8. The Kier molecular flexibility index (Phi) is 11.4. The lowest BCUT2D eigenvalue weighted by molar-refractivity contribution is -0.118. The number of carbonyl (C=O) groups is 1. The predicted octanol–water partition coefficient (Wildman–Crippen LogP) is 5.23. The van der Waals surface area contributed by atoms with Crippen molar-refractivity contribution in [3.63, 3.8) is 0 Å². The molecule has 3 N–H and O–H groups in total. The van der Waals surface area contributed by atoms with Crippen molar-refractivity contribution in [3.8, 4) is 5.69 Å². The number of nitrogens with one attached hydrogen (secondary N) is 3. The maximum absolute atomic E-state index is 14.4. The van der Waals surface area contributed by atoms with Gasteiger partial charge in [0.05, 0.1) is 17.9 Å². The van der Waals surface area contributed by atoms with Crippen LogP contribution in [0.2, 0.25) is 0 Å². The van der Waals surface area contributed by atoms with Gasteiger partial charge in [0.15, 0.2) is 5.82 Å². The second-order valence-electron chi connectivity index (χ2n) is 11.1. The monoisotopic (exact) mass is 566 g/mol. The molecule has 0 spiro atoms. The van der Waals surface area contributed by atoms with E-state index in [4.69, 9.17) is 0 Å². The van der Waals surface area contributed by atoms with Crippen molar-refractivity contribution in [2.45, 2.75) is 77.4 Å². The van der Waals surface area contributed by atoms with Gasteiger partial charge in [-0.2, -0.15) is 0 Å². The Balaban J connectivity index is 1.34. The lowest BCUT2D eigenvalue weighted by Gasteiger charge is -2.29. The average Bonchev–Trinajstić information content (AvgIpc) is 3.42. The molecule has 1 aliphatic carbocycles. The van der Waals surface area contributed by atoms with Crippen molar-refractivity contribution in [3.05, 3.63) is 77.2 Å². The highest BCUT2D eigenvalue weighted by Crippen LogP contribution is 2.26. The average molecular weight is 567 g/mol. The number of unbranched alkanes of at least 4 members (excludes halogenated alkanes) is 1. The van der Waals surface area contributed by atoms with Gasteiger partial charge in [-0.25, -0.2) is 13.8 Å². The summed E-state index contributed by atoms with van der Waals surface area (Å²) in [6.45, 7) is 7.99. The molecular weight excluding hydrogens is 522 g/mol. The van der Waals surface area contributed by atoms with Crippen molar-refractivity contribution in [1.29, 1.82) is 0 Å². The fraction of sp³-hybridized carbons (Fsp3) is 0.500. The van der Waals surface area contributed by atoms with Gasteiger partial charge in [0.1, 0.15) is 18.0 Å². The number of imidazole rings is 1. The molecule has 1 aliphatic rings. The van der Waals surface area contributed by atoms with Gasteiger partial charge in [0, 0.05) is 31.7 Å². The molecule has 1 amide bonds. The van der Waals surface area contributed by atoms with Crippen molar-refractivity contribution >= 4 is 11.7 Å². The van der Waals surface area contributed by atoms with E-state index in [0.717, 1.165) is 61.9 Å². The van der Waals surface area contributed by atoms with Crippen LogP contribution in [-0.2, 0) is 24.2 Å². The van der Waals surface area contributed by atoms with Crippen LogP contribution in [0, 0.1) is 11.6 Å². The van der Waals surface area contributed by atoms with Crippen molar-refractivity contribution < 1.29 is 13.6 Å². The van der Waals surface area contributed by atoms with Crippen molar-refractivity contribution in [1.82, 2.24) is 25.1 Å². The summed E-state index contributed by atoms with van der Waals surface area (Å²) in [6.07, 6.45) is 9.16. The molecule has 2 atom stereocenters. The fourth-order valence-corrected chi connectivity index (χ4v) is 5.47. The lowest BCUT2D eigenvalue weighted by atomic mass is 9.87. The number of para-hydroxylation sites is 1. The predicted molar refractivity (Wildman–Crippen MR) is 160 cm³/mol.